The number of nitriles is 1. The molecule has 7 heteroatoms. The van der Waals surface area contributed by atoms with Gasteiger partial charge in [-0.2, -0.15) is 5.26 Å². The molecular formula is C28H27N3O4. The molecule has 3 aromatic carbocycles. The maximum absolute atomic E-state index is 12.6. The second kappa shape index (κ2) is 12.1. The number of carbonyl (C=O) groups is 2. The molecule has 0 fully saturated rings. The average molecular weight is 470 g/mol. The van der Waals surface area contributed by atoms with E-state index in [0.717, 1.165) is 11.1 Å². The fourth-order valence-corrected chi connectivity index (χ4v) is 3.17. The van der Waals surface area contributed by atoms with Crippen molar-refractivity contribution in [2.24, 2.45) is 0 Å². The van der Waals surface area contributed by atoms with Crippen LogP contribution in [0, 0.1) is 25.2 Å². The van der Waals surface area contributed by atoms with E-state index in [2.05, 4.69) is 10.6 Å². The smallest absolute Gasteiger partial charge is 0.266 e. The number of hydrogen-bond acceptors (Lipinski definition) is 5. The molecule has 0 aliphatic heterocycles. The van der Waals surface area contributed by atoms with Crippen molar-refractivity contribution in [1.29, 1.82) is 5.26 Å². The van der Waals surface area contributed by atoms with Crippen LogP contribution in [0.5, 0.6) is 11.5 Å². The van der Waals surface area contributed by atoms with E-state index in [9.17, 15) is 14.9 Å². The zero-order valence-corrected chi connectivity index (χ0v) is 19.9. The summed E-state index contributed by atoms with van der Waals surface area (Å²) in [6, 6.07) is 21.3. The number of nitrogens with one attached hydrogen (secondary N) is 2. The third-order valence-corrected chi connectivity index (χ3v) is 5.12. The van der Waals surface area contributed by atoms with Crippen LogP contribution in [0.2, 0.25) is 0 Å². The minimum Gasteiger partial charge on any atom is -0.494 e. The predicted molar refractivity (Wildman–Crippen MR) is 136 cm³/mol. The molecule has 0 unspecified atom stereocenters. The standard InChI is InChI=1S/C28H27N3O4/c1-4-34-25-12-10-23(11-13-25)31-28(33)22(17-29)15-21-6-5-7-26(16-21)35-18-27(32)30-24-9-8-19(2)20(3)14-24/h5-16H,4,18H2,1-3H3,(H,30,32)(H,31,33)/b22-15+. The Labute approximate surface area is 205 Å². The van der Waals surface area contributed by atoms with Crippen LogP contribution < -0.4 is 20.1 Å². The highest BCUT2D eigenvalue weighted by atomic mass is 16.5. The first-order valence-electron chi connectivity index (χ1n) is 11.1. The van der Waals surface area contributed by atoms with E-state index in [1.54, 1.807) is 48.5 Å². The molecule has 0 heterocycles. The van der Waals surface area contributed by atoms with Gasteiger partial charge in [0.2, 0.25) is 0 Å². The summed E-state index contributed by atoms with van der Waals surface area (Å²) in [6.45, 7) is 6.25. The van der Waals surface area contributed by atoms with E-state index in [4.69, 9.17) is 9.47 Å². The Bertz CT molecular complexity index is 1270. The summed E-state index contributed by atoms with van der Waals surface area (Å²) in [5, 5.41) is 15.0. The van der Waals surface area contributed by atoms with E-state index in [1.807, 2.05) is 45.0 Å². The number of amides is 2. The average Bonchev–Trinajstić information content (AvgIpc) is 2.85. The van der Waals surface area contributed by atoms with Gasteiger partial charge in [-0.05, 0) is 92.1 Å². The molecule has 0 radical (unpaired) electrons. The number of carbonyl (C=O) groups excluding carboxylic acids is 2. The third-order valence-electron chi connectivity index (χ3n) is 5.12. The fourth-order valence-electron chi connectivity index (χ4n) is 3.17. The summed E-state index contributed by atoms with van der Waals surface area (Å²) >= 11 is 0. The van der Waals surface area contributed by atoms with Crippen LogP contribution in [0.25, 0.3) is 6.08 Å². The molecule has 0 spiro atoms. The molecule has 2 amide bonds. The van der Waals surface area contributed by atoms with Gasteiger partial charge in [0.05, 0.1) is 6.61 Å². The number of ether oxygens (including phenoxy) is 2. The maximum atomic E-state index is 12.6. The summed E-state index contributed by atoms with van der Waals surface area (Å²) in [5.74, 6) is 0.316. The monoisotopic (exact) mass is 469 g/mol. The summed E-state index contributed by atoms with van der Waals surface area (Å²) in [7, 11) is 0. The third kappa shape index (κ3) is 7.47. The quantitative estimate of drug-likeness (QED) is 0.329. The van der Waals surface area contributed by atoms with Gasteiger partial charge in [0.1, 0.15) is 23.1 Å². The maximum Gasteiger partial charge on any atom is 0.266 e. The molecule has 0 saturated heterocycles. The molecule has 0 atom stereocenters. The van der Waals surface area contributed by atoms with Crippen molar-refractivity contribution in [2.45, 2.75) is 20.8 Å². The van der Waals surface area contributed by atoms with Crippen molar-refractivity contribution in [3.63, 3.8) is 0 Å². The van der Waals surface area contributed by atoms with Gasteiger partial charge in [-0.15, -0.1) is 0 Å². The summed E-state index contributed by atoms with van der Waals surface area (Å²) in [5.41, 5.74) is 4.01. The lowest BCUT2D eigenvalue weighted by Crippen LogP contribution is -2.20. The minimum absolute atomic E-state index is 0.0662. The molecular weight excluding hydrogens is 442 g/mol. The van der Waals surface area contributed by atoms with Crippen LogP contribution in [0.3, 0.4) is 0 Å². The molecule has 35 heavy (non-hydrogen) atoms. The van der Waals surface area contributed by atoms with Gasteiger partial charge in [0.15, 0.2) is 6.61 Å². The predicted octanol–water partition coefficient (Wildman–Crippen LogP) is 5.27. The van der Waals surface area contributed by atoms with Crippen LogP contribution in [-0.4, -0.2) is 25.0 Å². The van der Waals surface area contributed by atoms with Gasteiger partial charge in [0, 0.05) is 11.4 Å². The number of benzene rings is 3. The number of anilines is 2. The van der Waals surface area contributed by atoms with Crippen molar-refractivity contribution >= 4 is 29.3 Å². The van der Waals surface area contributed by atoms with Crippen LogP contribution in [0.15, 0.2) is 72.3 Å². The molecule has 3 rings (SSSR count). The van der Waals surface area contributed by atoms with E-state index in [1.165, 1.54) is 6.08 Å². The lowest BCUT2D eigenvalue weighted by molar-refractivity contribution is -0.118. The van der Waals surface area contributed by atoms with Crippen molar-refractivity contribution in [3.05, 3.63) is 89.0 Å². The Morgan fingerprint density at radius 1 is 0.886 bits per heavy atom. The van der Waals surface area contributed by atoms with Crippen LogP contribution in [0.4, 0.5) is 11.4 Å². The Balaban J connectivity index is 1.61. The van der Waals surface area contributed by atoms with E-state index < -0.39 is 5.91 Å². The largest absolute Gasteiger partial charge is 0.494 e. The molecule has 0 saturated carbocycles. The minimum atomic E-state index is -0.532. The first-order chi connectivity index (χ1) is 16.9. The molecule has 3 aromatic rings. The molecule has 0 aliphatic rings. The highest BCUT2D eigenvalue weighted by molar-refractivity contribution is 6.09. The highest BCUT2D eigenvalue weighted by Gasteiger charge is 2.11. The van der Waals surface area contributed by atoms with Crippen LogP contribution in [0.1, 0.15) is 23.6 Å². The van der Waals surface area contributed by atoms with E-state index in [0.29, 0.717) is 35.0 Å². The number of nitrogens with zero attached hydrogens (tertiary/aromatic N) is 1. The normalized spacial score (nSPS) is 10.7. The van der Waals surface area contributed by atoms with Gasteiger partial charge in [-0.1, -0.05) is 18.2 Å². The van der Waals surface area contributed by atoms with E-state index in [-0.39, 0.29) is 18.1 Å². The van der Waals surface area contributed by atoms with Gasteiger partial charge >= 0.3 is 0 Å². The first-order valence-corrected chi connectivity index (χ1v) is 11.1. The fraction of sp³-hybridized carbons (Fsp3) is 0.179. The van der Waals surface area contributed by atoms with Gasteiger partial charge < -0.3 is 20.1 Å². The Kier molecular flexibility index (Phi) is 8.63. The number of hydrogen-bond donors (Lipinski definition) is 2. The van der Waals surface area contributed by atoms with Crippen molar-refractivity contribution in [3.8, 4) is 17.6 Å². The van der Waals surface area contributed by atoms with Gasteiger partial charge in [-0.3, -0.25) is 9.59 Å². The van der Waals surface area contributed by atoms with Crippen molar-refractivity contribution in [1.82, 2.24) is 0 Å². The summed E-state index contributed by atoms with van der Waals surface area (Å²) in [4.78, 5) is 24.8. The Hall–Kier alpha value is -4.57. The molecule has 178 valence electrons. The lowest BCUT2D eigenvalue weighted by atomic mass is 10.1. The molecule has 7 nitrogen and oxygen atoms in total. The molecule has 0 aliphatic carbocycles. The van der Waals surface area contributed by atoms with Crippen molar-refractivity contribution in [2.75, 3.05) is 23.8 Å². The second-order valence-electron chi connectivity index (χ2n) is 7.79. The summed E-state index contributed by atoms with van der Waals surface area (Å²) < 4.78 is 11.0. The van der Waals surface area contributed by atoms with E-state index >= 15 is 0 Å². The molecule has 0 bridgehead atoms. The van der Waals surface area contributed by atoms with Crippen LogP contribution >= 0.6 is 0 Å². The van der Waals surface area contributed by atoms with Gasteiger partial charge in [0.25, 0.3) is 11.8 Å². The van der Waals surface area contributed by atoms with Crippen LogP contribution in [-0.2, 0) is 9.59 Å². The molecule has 2 N–H and O–H groups in total. The second-order valence-corrected chi connectivity index (χ2v) is 7.79. The lowest BCUT2D eigenvalue weighted by Gasteiger charge is -2.10. The zero-order valence-electron chi connectivity index (χ0n) is 19.9. The Morgan fingerprint density at radius 3 is 2.31 bits per heavy atom. The molecule has 0 aromatic heterocycles. The van der Waals surface area contributed by atoms with Gasteiger partial charge in [-0.25, -0.2) is 0 Å². The zero-order chi connectivity index (χ0) is 25.2. The Morgan fingerprint density at radius 2 is 1.63 bits per heavy atom. The number of aryl methyl sites for hydroxylation is 2. The topological polar surface area (TPSA) is 100 Å². The highest BCUT2D eigenvalue weighted by Crippen LogP contribution is 2.19. The first kappa shape index (κ1) is 25.1. The van der Waals surface area contributed by atoms with Crippen molar-refractivity contribution < 1.29 is 19.1 Å². The number of rotatable bonds is 9. The SMILES string of the molecule is CCOc1ccc(NC(=O)/C(C#N)=C/c2cccc(OCC(=O)Nc3ccc(C)c(C)c3)c2)cc1. The summed E-state index contributed by atoms with van der Waals surface area (Å²) in [6.07, 6.45) is 1.46.